The molecule has 0 saturated heterocycles. The van der Waals surface area contributed by atoms with E-state index in [0.29, 0.717) is 30.3 Å². The van der Waals surface area contributed by atoms with Gasteiger partial charge >= 0.3 is 0 Å². The van der Waals surface area contributed by atoms with Crippen molar-refractivity contribution in [2.24, 2.45) is 0 Å². The Morgan fingerprint density at radius 1 is 1.24 bits per heavy atom. The van der Waals surface area contributed by atoms with Gasteiger partial charge in [0.1, 0.15) is 11.6 Å². The molecule has 1 amide bonds. The molecular formula is C20H21N7OS. The molecule has 148 valence electrons. The van der Waals surface area contributed by atoms with E-state index in [4.69, 9.17) is 11.5 Å². The maximum atomic E-state index is 12.5. The van der Waals surface area contributed by atoms with E-state index in [1.165, 1.54) is 0 Å². The first-order valence-electron chi connectivity index (χ1n) is 9.06. The van der Waals surface area contributed by atoms with Crippen LogP contribution in [0.5, 0.6) is 0 Å². The van der Waals surface area contributed by atoms with E-state index < -0.39 is 0 Å². The van der Waals surface area contributed by atoms with Crippen molar-refractivity contribution < 1.29 is 4.79 Å². The molecule has 0 saturated carbocycles. The van der Waals surface area contributed by atoms with E-state index in [0.717, 1.165) is 32.6 Å². The first kappa shape index (κ1) is 18.9. The maximum absolute atomic E-state index is 12.5. The van der Waals surface area contributed by atoms with Gasteiger partial charge in [-0.1, -0.05) is 0 Å². The molecule has 0 atom stereocenters. The lowest BCUT2D eigenvalue weighted by atomic mass is 10.1. The fourth-order valence-corrected chi connectivity index (χ4v) is 4.08. The molecule has 9 heteroatoms. The topological polar surface area (TPSA) is 125 Å². The zero-order valence-electron chi connectivity index (χ0n) is 16.1. The molecule has 0 spiro atoms. The lowest BCUT2D eigenvalue weighted by Gasteiger charge is -2.11. The van der Waals surface area contributed by atoms with E-state index >= 15 is 0 Å². The maximum Gasteiger partial charge on any atom is 0.254 e. The van der Waals surface area contributed by atoms with Gasteiger partial charge in [0.15, 0.2) is 0 Å². The van der Waals surface area contributed by atoms with Crippen molar-refractivity contribution in [2.45, 2.75) is 26.9 Å². The summed E-state index contributed by atoms with van der Waals surface area (Å²) in [6.45, 7) is 4.64. The van der Waals surface area contributed by atoms with Gasteiger partial charge in [0.2, 0.25) is 0 Å². The number of nitrogens with two attached hydrogens (primary N) is 2. The van der Waals surface area contributed by atoms with E-state index in [2.05, 4.69) is 20.4 Å². The third-order valence-electron chi connectivity index (χ3n) is 4.73. The van der Waals surface area contributed by atoms with Gasteiger partial charge in [-0.15, -0.1) is 11.3 Å². The number of hydrogen-bond acceptors (Lipinski definition) is 7. The van der Waals surface area contributed by atoms with Gasteiger partial charge in [0, 0.05) is 18.4 Å². The molecule has 0 aromatic carbocycles. The Balaban J connectivity index is 1.45. The van der Waals surface area contributed by atoms with Gasteiger partial charge in [-0.3, -0.25) is 9.48 Å². The first-order valence-corrected chi connectivity index (χ1v) is 9.94. The van der Waals surface area contributed by atoms with E-state index in [-0.39, 0.29) is 5.91 Å². The van der Waals surface area contributed by atoms with Crippen LogP contribution >= 0.6 is 11.3 Å². The SMILES string of the molecule is Cc1cc(N)nc(C)c1CNC(=O)c1cnn(Cc2cc3ccsc3c(N)n2)c1. The Morgan fingerprint density at radius 3 is 2.86 bits per heavy atom. The third kappa shape index (κ3) is 3.90. The van der Waals surface area contributed by atoms with Crippen LogP contribution in [0.4, 0.5) is 11.6 Å². The Morgan fingerprint density at radius 2 is 2.07 bits per heavy atom. The summed E-state index contributed by atoms with van der Waals surface area (Å²) in [5.41, 5.74) is 15.8. The summed E-state index contributed by atoms with van der Waals surface area (Å²) in [7, 11) is 0. The van der Waals surface area contributed by atoms with Gasteiger partial charge in [0.25, 0.3) is 5.91 Å². The molecule has 8 nitrogen and oxygen atoms in total. The number of nitrogens with zero attached hydrogens (tertiary/aromatic N) is 4. The molecule has 4 heterocycles. The number of amides is 1. The van der Waals surface area contributed by atoms with Crippen LogP contribution in [0.3, 0.4) is 0 Å². The van der Waals surface area contributed by atoms with Crippen LogP contribution in [0.1, 0.15) is 32.9 Å². The monoisotopic (exact) mass is 407 g/mol. The average molecular weight is 408 g/mol. The summed E-state index contributed by atoms with van der Waals surface area (Å²) < 4.78 is 2.66. The Hall–Kier alpha value is -3.46. The number of carbonyl (C=O) groups excluding carboxylic acids is 1. The summed E-state index contributed by atoms with van der Waals surface area (Å²) >= 11 is 1.57. The molecule has 5 N–H and O–H groups in total. The van der Waals surface area contributed by atoms with Crippen LogP contribution in [0.15, 0.2) is 36.0 Å². The Kier molecular flexibility index (Phi) is 4.89. The molecular weight excluding hydrogens is 386 g/mol. The molecule has 0 unspecified atom stereocenters. The highest BCUT2D eigenvalue weighted by atomic mass is 32.1. The fourth-order valence-electron chi connectivity index (χ4n) is 3.30. The minimum absolute atomic E-state index is 0.201. The molecule has 29 heavy (non-hydrogen) atoms. The smallest absolute Gasteiger partial charge is 0.254 e. The lowest BCUT2D eigenvalue weighted by Crippen LogP contribution is -2.23. The summed E-state index contributed by atoms with van der Waals surface area (Å²) in [6, 6.07) is 5.80. The van der Waals surface area contributed by atoms with Crippen LogP contribution in [0.2, 0.25) is 0 Å². The van der Waals surface area contributed by atoms with Gasteiger partial charge in [0.05, 0.1) is 28.7 Å². The second-order valence-electron chi connectivity index (χ2n) is 6.88. The van der Waals surface area contributed by atoms with Crippen LogP contribution < -0.4 is 16.8 Å². The lowest BCUT2D eigenvalue weighted by molar-refractivity contribution is 0.0950. The fraction of sp³-hybridized carbons (Fsp3) is 0.200. The normalized spacial score (nSPS) is 11.1. The van der Waals surface area contributed by atoms with Crippen LogP contribution in [-0.4, -0.2) is 25.7 Å². The van der Waals surface area contributed by atoms with E-state index in [9.17, 15) is 4.79 Å². The average Bonchev–Trinajstić information content (AvgIpc) is 3.30. The minimum Gasteiger partial charge on any atom is -0.384 e. The molecule has 4 aromatic rings. The molecule has 4 rings (SSSR count). The molecule has 0 bridgehead atoms. The number of anilines is 2. The number of pyridine rings is 2. The Bertz CT molecular complexity index is 1190. The molecule has 0 aliphatic carbocycles. The summed E-state index contributed by atoms with van der Waals surface area (Å²) in [6.07, 6.45) is 3.24. The number of aromatic nitrogens is 4. The number of thiophene rings is 1. The van der Waals surface area contributed by atoms with Gasteiger partial charge in [-0.05, 0) is 53.9 Å². The number of nitrogen functional groups attached to an aromatic ring is 2. The summed E-state index contributed by atoms with van der Waals surface area (Å²) in [4.78, 5) is 21.2. The second-order valence-corrected chi connectivity index (χ2v) is 7.79. The van der Waals surface area contributed by atoms with Crippen molar-refractivity contribution in [1.82, 2.24) is 25.1 Å². The van der Waals surface area contributed by atoms with Gasteiger partial charge in [-0.25, -0.2) is 9.97 Å². The standard InChI is InChI=1S/C20H21N7OS/c1-11-5-17(21)25-12(2)16(11)8-23-20(28)14-7-24-27(9-14)10-15-6-13-3-4-29-18(13)19(22)26-15/h3-7,9H,8,10H2,1-2H3,(H2,21,25)(H2,22,26)(H,23,28). The number of rotatable bonds is 5. The van der Waals surface area contributed by atoms with Crippen molar-refractivity contribution in [2.75, 3.05) is 11.5 Å². The predicted molar refractivity (Wildman–Crippen MR) is 115 cm³/mol. The van der Waals surface area contributed by atoms with Crippen LogP contribution in [-0.2, 0) is 13.1 Å². The number of aryl methyl sites for hydroxylation is 2. The van der Waals surface area contributed by atoms with Crippen molar-refractivity contribution in [1.29, 1.82) is 0 Å². The summed E-state index contributed by atoms with van der Waals surface area (Å²) in [5.74, 6) is 0.791. The summed E-state index contributed by atoms with van der Waals surface area (Å²) in [5, 5.41) is 10.2. The van der Waals surface area contributed by atoms with E-state index in [1.54, 1.807) is 34.5 Å². The second kappa shape index (κ2) is 7.51. The zero-order valence-corrected chi connectivity index (χ0v) is 17.0. The number of hydrogen-bond donors (Lipinski definition) is 3. The quantitative estimate of drug-likeness (QED) is 0.467. The van der Waals surface area contributed by atoms with Crippen molar-refractivity contribution >= 4 is 39.0 Å². The highest BCUT2D eigenvalue weighted by Gasteiger charge is 2.12. The minimum atomic E-state index is -0.201. The van der Waals surface area contributed by atoms with Crippen LogP contribution in [0.25, 0.3) is 10.1 Å². The number of nitrogens with one attached hydrogen (secondary N) is 1. The van der Waals surface area contributed by atoms with Crippen molar-refractivity contribution in [3.05, 3.63) is 64.1 Å². The van der Waals surface area contributed by atoms with Gasteiger partial charge in [-0.2, -0.15) is 5.10 Å². The van der Waals surface area contributed by atoms with E-state index in [1.807, 2.05) is 31.4 Å². The first-order chi connectivity index (χ1) is 13.9. The highest BCUT2D eigenvalue weighted by Crippen LogP contribution is 2.26. The van der Waals surface area contributed by atoms with Crippen LogP contribution in [0, 0.1) is 13.8 Å². The molecule has 0 aliphatic heterocycles. The largest absolute Gasteiger partial charge is 0.384 e. The number of fused-ring (bicyclic) bond motifs is 1. The highest BCUT2D eigenvalue weighted by molar-refractivity contribution is 7.17. The zero-order chi connectivity index (χ0) is 20.5. The van der Waals surface area contributed by atoms with Gasteiger partial charge < -0.3 is 16.8 Å². The van der Waals surface area contributed by atoms with Crippen molar-refractivity contribution in [3.8, 4) is 0 Å². The predicted octanol–water partition coefficient (Wildman–Crippen LogP) is 2.65. The molecule has 0 aliphatic rings. The third-order valence-corrected chi connectivity index (χ3v) is 5.69. The molecule has 0 radical (unpaired) electrons. The molecule has 0 fully saturated rings. The number of carbonyl (C=O) groups is 1. The molecule has 4 aromatic heterocycles. The Labute approximate surface area is 171 Å². The van der Waals surface area contributed by atoms with Crippen molar-refractivity contribution in [3.63, 3.8) is 0 Å².